The molecule has 1 aromatic carbocycles. The quantitative estimate of drug-likeness (QED) is 0.628. The van der Waals surface area contributed by atoms with Crippen LogP contribution in [0.5, 0.6) is 5.75 Å². The maximum absolute atomic E-state index is 12.5. The molecule has 4 heteroatoms. The molecule has 106 valence electrons. The largest absolute Gasteiger partial charge is 0.476 e. The number of carbonyl (C=O) groups excluding carboxylic acids is 2. The van der Waals surface area contributed by atoms with Gasteiger partial charge in [0, 0.05) is 12.1 Å². The average molecular weight is 273 g/mol. The fraction of sp³-hybridized carbons (Fsp3) is 0.375. The summed E-state index contributed by atoms with van der Waals surface area (Å²) < 4.78 is 5.75. The Labute approximate surface area is 119 Å². The molecule has 0 unspecified atom stereocenters. The minimum atomic E-state index is -0.916. The maximum Gasteiger partial charge on any atom is 0.270 e. The number of Topliss-reactive ketones (excluding diaryl/α,β-unsaturated/α-hetero) is 1. The van der Waals surface area contributed by atoms with E-state index in [2.05, 4.69) is 6.58 Å². The van der Waals surface area contributed by atoms with E-state index in [0.717, 1.165) is 5.57 Å². The first-order valence-electron chi connectivity index (χ1n) is 6.53. The zero-order valence-corrected chi connectivity index (χ0v) is 12.3. The third kappa shape index (κ3) is 2.46. The number of fused-ring (bicyclic) bond motifs is 1. The standard InChI is InChI=1S/C16H19NO3/c1-10(2)9-17-13-8-12(11(3)18)6-7-14(13)20-16(4,5)15(17)19/h6-8H,1,9H2,2-5H3. The Bertz CT molecular complexity index is 602. The van der Waals surface area contributed by atoms with Crippen molar-refractivity contribution in [2.75, 3.05) is 11.4 Å². The lowest BCUT2D eigenvalue weighted by molar-refractivity contribution is -0.132. The van der Waals surface area contributed by atoms with Crippen LogP contribution in [0.4, 0.5) is 5.69 Å². The van der Waals surface area contributed by atoms with Gasteiger partial charge in [-0.3, -0.25) is 9.59 Å². The number of hydrogen-bond acceptors (Lipinski definition) is 3. The number of ketones is 1. The van der Waals surface area contributed by atoms with E-state index in [1.165, 1.54) is 6.92 Å². The Morgan fingerprint density at radius 1 is 1.35 bits per heavy atom. The Morgan fingerprint density at radius 3 is 2.55 bits per heavy atom. The molecule has 0 fully saturated rings. The molecule has 2 rings (SSSR count). The maximum atomic E-state index is 12.5. The monoisotopic (exact) mass is 273 g/mol. The zero-order chi connectivity index (χ0) is 15.1. The lowest BCUT2D eigenvalue weighted by atomic mass is 10.0. The molecule has 0 aliphatic carbocycles. The number of benzene rings is 1. The van der Waals surface area contributed by atoms with Crippen molar-refractivity contribution in [2.45, 2.75) is 33.3 Å². The topological polar surface area (TPSA) is 46.6 Å². The van der Waals surface area contributed by atoms with Gasteiger partial charge in [-0.2, -0.15) is 0 Å². The van der Waals surface area contributed by atoms with Gasteiger partial charge in [0.25, 0.3) is 5.91 Å². The summed E-state index contributed by atoms with van der Waals surface area (Å²) in [6.45, 7) is 11.1. The highest BCUT2D eigenvalue weighted by Gasteiger charge is 2.40. The third-order valence-electron chi connectivity index (χ3n) is 3.21. The first-order valence-corrected chi connectivity index (χ1v) is 6.53. The van der Waals surface area contributed by atoms with Crippen LogP contribution in [0, 0.1) is 0 Å². The lowest BCUT2D eigenvalue weighted by Gasteiger charge is -2.39. The van der Waals surface area contributed by atoms with Crippen LogP contribution in [0.1, 0.15) is 38.1 Å². The molecular weight excluding hydrogens is 254 g/mol. The molecule has 1 amide bonds. The Morgan fingerprint density at radius 2 is 2.00 bits per heavy atom. The lowest BCUT2D eigenvalue weighted by Crippen LogP contribution is -2.52. The first-order chi connectivity index (χ1) is 9.22. The van der Waals surface area contributed by atoms with Gasteiger partial charge in [0.1, 0.15) is 5.75 Å². The minimum Gasteiger partial charge on any atom is -0.476 e. The number of amides is 1. The Kier molecular flexibility index (Phi) is 3.42. The summed E-state index contributed by atoms with van der Waals surface area (Å²) in [7, 11) is 0. The molecule has 0 bridgehead atoms. The summed E-state index contributed by atoms with van der Waals surface area (Å²) >= 11 is 0. The van der Waals surface area contributed by atoms with E-state index in [0.29, 0.717) is 23.5 Å². The van der Waals surface area contributed by atoms with Crippen molar-refractivity contribution in [3.8, 4) is 5.75 Å². The molecule has 20 heavy (non-hydrogen) atoms. The highest BCUT2D eigenvalue weighted by atomic mass is 16.5. The summed E-state index contributed by atoms with van der Waals surface area (Å²) in [5.41, 5.74) is 1.15. The van der Waals surface area contributed by atoms with Crippen LogP contribution in [0.25, 0.3) is 0 Å². The first kappa shape index (κ1) is 14.3. The summed E-state index contributed by atoms with van der Waals surface area (Å²) in [5, 5.41) is 0. The van der Waals surface area contributed by atoms with E-state index in [1.54, 1.807) is 36.9 Å². The van der Waals surface area contributed by atoms with E-state index in [9.17, 15) is 9.59 Å². The molecule has 4 nitrogen and oxygen atoms in total. The minimum absolute atomic E-state index is 0.0413. The van der Waals surface area contributed by atoms with Crippen LogP contribution in [0.2, 0.25) is 0 Å². The highest BCUT2D eigenvalue weighted by Crippen LogP contribution is 2.38. The van der Waals surface area contributed by atoms with Gasteiger partial charge < -0.3 is 9.64 Å². The second-order valence-corrected chi connectivity index (χ2v) is 5.70. The number of ether oxygens (including phenoxy) is 1. The molecule has 1 aliphatic rings. The molecule has 1 aliphatic heterocycles. The predicted molar refractivity (Wildman–Crippen MR) is 78.3 cm³/mol. The van der Waals surface area contributed by atoms with Crippen molar-refractivity contribution < 1.29 is 14.3 Å². The van der Waals surface area contributed by atoms with Crippen molar-refractivity contribution in [1.29, 1.82) is 0 Å². The molecule has 0 N–H and O–H groups in total. The predicted octanol–water partition coefficient (Wildman–Crippen LogP) is 2.97. The molecule has 0 atom stereocenters. The van der Waals surface area contributed by atoms with Crippen LogP contribution in [-0.2, 0) is 4.79 Å². The van der Waals surface area contributed by atoms with Crippen molar-refractivity contribution in [3.05, 3.63) is 35.9 Å². The van der Waals surface area contributed by atoms with Crippen molar-refractivity contribution in [3.63, 3.8) is 0 Å². The van der Waals surface area contributed by atoms with Crippen molar-refractivity contribution in [1.82, 2.24) is 0 Å². The van der Waals surface area contributed by atoms with Gasteiger partial charge in [-0.1, -0.05) is 12.2 Å². The zero-order valence-electron chi connectivity index (χ0n) is 12.3. The molecule has 0 saturated carbocycles. The van der Waals surface area contributed by atoms with E-state index in [-0.39, 0.29) is 11.7 Å². The Balaban J connectivity index is 2.56. The van der Waals surface area contributed by atoms with Gasteiger partial charge in [-0.25, -0.2) is 0 Å². The van der Waals surface area contributed by atoms with Crippen LogP contribution < -0.4 is 9.64 Å². The summed E-state index contributed by atoms with van der Waals surface area (Å²) in [6.07, 6.45) is 0. The van der Waals surface area contributed by atoms with E-state index in [4.69, 9.17) is 4.74 Å². The van der Waals surface area contributed by atoms with Gasteiger partial charge in [-0.05, 0) is 45.9 Å². The smallest absolute Gasteiger partial charge is 0.270 e. The number of rotatable bonds is 3. The molecule has 0 radical (unpaired) electrons. The van der Waals surface area contributed by atoms with Crippen LogP contribution >= 0.6 is 0 Å². The van der Waals surface area contributed by atoms with Gasteiger partial charge >= 0.3 is 0 Å². The average Bonchev–Trinajstić information content (AvgIpc) is 2.33. The molecule has 0 aromatic heterocycles. The van der Waals surface area contributed by atoms with Crippen LogP contribution in [0.3, 0.4) is 0 Å². The van der Waals surface area contributed by atoms with Crippen molar-refractivity contribution >= 4 is 17.4 Å². The number of carbonyl (C=O) groups is 2. The number of nitrogens with zero attached hydrogens (tertiary/aromatic N) is 1. The highest BCUT2D eigenvalue weighted by molar-refractivity contribution is 6.04. The summed E-state index contributed by atoms with van der Waals surface area (Å²) in [6, 6.07) is 5.16. The van der Waals surface area contributed by atoms with Gasteiger partial charge in [-0.15, -0.1) is 0 Å². The fourth-order valence-corrected chi connectivity index (χ4v) is 2.21. The van der Waals surface area contributed by atoms with Gasteiger partial charge in [0.2, 0.25) is 0 Å². The summed E-state index contributed by atoms with van der Waals surface area (Å²) in [4.78, 5) is 25.6. The molecule has 1 heterocycles. The second-order valence-electron chi connectivity index (χ2n) is 5.70. The second kappa shape index (κ2) is 4.78. The van der Waals surface area contributed by atoms with Crippen molar-refractivity contribution in [2.24, 2.45) is 0 Å². The molecule has 0 saturated heterocycles. The number of hydrogen-bond donors (Lipinski definition) is 0. The van der Waals surface area contributed by atoms with Gasteiger partial charge in [0.15, 0.2) is 11.4 Å². The van der Waals surface area contributed by atoms with Crippen LogP contribution in [-0.4, -0.2) is 23.8 Å². The van der Waals surface area contributed by atoms with Crippen LogP contribution in [0.15, 0.2) is 30.4 Å². The SMILES string of the molecule is C=C(C)CN1C(=O)C(C)(C)Oc2ccc(C(C)=O)cc21. The fourth-order valence-electron chi connectivity index (χ4n) is 2.21. The number of anilines is 1. The van der Waals surface area contributed by atoms with E-state index < -0.39 is 5.60 Å². The molecule has 1 aromatic rings. The van der Waals surface area contributed by atoms with E-state index in [1.807, 2.05) is 6.92 Å². The van der Waals surface area contributed by atoms with Gasteiger partial charge in [0.05, 0.1) is 5.69 Å². The molecule has 0 spiro atoms. The van der Waals surface area contributed by atoms with E-state index >= 15 is 0 Å². The summed E-state index contributed by atoms with van der Waals surface area (Å²) in [5.74, 6) is 0.440. The Hall–Kier alpha value is -2.10. The molecular formula is C16H19NO3. The third-order valence-corrected chi connectivity index (χ3v) is 3.21. The normalized spacial score (nSPS) is 16.4.